The third kappa shape index (κ3) is 4.75. The Morgan fingerprint density at radius 1 is 1.21 bits per heavy atom. The molecule has 2 fully saturated rings. The lowest BCUT2D eigenvalue weighted by Gasteiger charge is -2.44. The summed E-state index contributed by atoms with van der Waals surface area (Å²) in [5.41, 5.74) is 1.12. The molecule has 0 aromatic heterocycles. The fraction of sp³-hybridized carbons (Fsp3) is 0.652. The molecule has 1 aromatic rings. The Balaban J connectivity index is 1.71. The van der Waals surface area contributed by atoms with Gasteiger partial charge in [-0.05, 0) is 42.7 Å². The van der Waals surface area contributed by atoms with E-state index in [9.17, 15) is 9.59 Å². The number of benzene rings is 1. The van der Waals surface area contributed by atoms with Crippen molar-refractivity contribution in [3.8, 4) is 0 Å². The minimum absolute atomic E-state index is 0.0943. The summed E-state index contributed by atoms with van der Waals surface area (Å²) in [7, 11) is 0. The third-order valence-corrected chi connectivity index (χ3v) is 6.37. The number of ether oxygens (including phenoxy) is 1. The van der Waals surface area contributed by atoms with Crippen molar-refractivity contribution in [3.05, 3.63) is 35.9 Å². The number of imide groups is 1. The summed E-state index contributed by atoms with van der Waals surface area (Å²) in [6.45, 7) is 11.3. The minimum Gasteiger partial charge on any atom is -0.447 e. The van der Waals surface area contributed by atoms with Gasteiger partial charge >= 0.3 is 6.09 Å². The molecule has 0 saturated carbocycles. The van der Waals surface area contributed by atoms with Gasteiger partial charge in [-0.25, -0.2) is 9.69 Å². The lowest BCUT2D eigenvalue weighted by Crippen LogP contribution is -2.52. The van der Waals surface area contributed by atoms with Crippen LogP contribution in [0.5, 0.6) is 0 Å². The second kappa shape index (κ2) is 9.08. The number of carbonyl (C=O) groups is 2. The van der Waals surface area contributed by atoms with Gasteiger partial charge in [0, 0.05) is 19.0 Å². The molecule has 0 spiro atoms. The van der Waals surface area contributed by atoms with E-state index in [1.165, 1.54) is 11.3 Å². The van der Waals surface area contributed by atoms with Crippen LogP contribution in [-0.4, -0.2) is 53.6 Å². The summed E-state index contributed by atoms with van der Waals surface area (Å²) in [6.07, 6.45) is 1.71. The quantitative estimate of drug-likeness (QED) is 0.742. The van der Waals surface area contributed by atoms with Gasteiger partial charge in [0.15, 0.2) is 0 Å². The van der Waals surface area contributed by atoms with Crippen LogP contribution >= 0.6 is 0 Å². The predicted octanol–water partition coefficient (Wildman–Crippen LogP) is 3.97. The van der Waals surface area contributed by atoms with E-state index in [-0.39, 0.29) is 24.6 Å². The molecule has 5 nitrogen and oxygen atoms in total. The first-order valence-corrected chi connectivity index (χ1v) is 10.6. The number of carbonyl (C=O) groups excluding carboxylic acids is 2. The smallest absolute Gasteiger partial charge is 0.416 e. The normalized spacial score (nSPS) is 28.6. The van der Waals surface area contributed by atoms with E-state index < -0.39 is 6.09 Å². The van der Waals surface area contributed by atoms with Gasteiger partial charge in [-0.15, -0.1) is 0 Å². The van der Waals surface area contributed by atoms with E-state index in [0.717, 1.165) is 18.7 Å². The second-order valence-electron chi connectivity index (χ2n) is 8.97. The highest BCUT2D eigenvalue weighted by molar-refractivity contribution is 5.93. The summed E-state index contributed by atoms with van der Waals surface area (Å²) >= 11 is 0. The molecule has 2 aliphatic rings. The SMILES string of the molecule is CC(C)CN1CC[C@@H](C)[C@H](C)[C@@H]1CC(=O)N1C(=O)OC[C@@H]1Cc1ccccc1. The molecule has 3 rings (SSSR count). The van der Waals surface area contributed by atoms with Crippen molar-refractivity contribution in [1.82, 2.24) is 9.80 Å². The van der Waals surface area contributed by atoms with Gasteiger partial charge in [0.25, 0.3) is 0 Å². The second-order valence-corrected chi connectivity index (χ2v) is 8.97. The van der Waals surface area contributed by atoms with E-state index in [1.54, 1.807) is 0 Å². The molecule has 2 heterocycles. The van der Waals surface area contributed by atoms with Crippen LogP contribution in [0.2, 0.25) is 0 Å². The Bertz CT molecular complexity index is 676. The first-order valence-electron chi connectivity index (χ1n) is 10.6. The van der Waals surface area contributed by atoms with Crippen molar-refractivity contribution in [2.75, 3.05) is 19.7 Å². The van der Waals surface area contributed by atoms with Crippen molar-refractivity contribution in [2.24, 2.45) is 17.8 Å². The van der Waals surface area contributed by atoms with Crippen LogP contribution in [0.25, 0.3) is 0 Å². The molecule has 2 saturated heterocycles. The van der Waals surface area contributed by atoms with Crippen LogP contribution in [0.4, 0.5) is 4.79 Å². The molecule has 0 bridgehead atoms. The summed E-state index contributed by atoms with van der Waals surface area (Å²) in [5.74, 6) is 1.48. The van der Waals surface area contributed by atoms with Crippen LogP contribution in [0.3, 0.4) is 0 Å². The largest absolute Gasteiger partial charge is 0.447 e. The number of likely N-dealkylation sites (tertiary alicyclic amines) is 1. The van der Waals surface area contributed by atoms with Crippen molar-refractivity contribution in [2.45, 2.75) is 59.0 Å². The minimum atomic E-state index is -0.488. The number of amides is 2. The molecule has 2 amide bonds. The van der Waals surface area contributed by atoms with E-state index in [1.807, 2.05) is 30.3 Å². The van der Waals surface area contributed by atoms with E-state index >= 15 is 0 Å². The average molecular weight is 387 g/mol. The number of rotatable bonds is 6. The van der Waals surface area contributed by atoms with Crippen LogP contribution in [0.15, 0.2) is 30.3 Å². The summed E-state index contributed by atoms with van der Waals surface area (Å²) in [6, 6.07) is 9.96. The number of hydrogen-bond donors (Lipinski definition) is 0. The number of piperidine rings is 1. The maximum absolute atomic E-state index is 13.2. The topological polar surface area (TPSA) is 49.9 Å². The van der Waals surface area contributed by atoms with Gasteiger partial charge in [0.05, 0.1) is 6.04 Å². The monoisotopic (exact) mass is 386 g/mol. The zero-order chi connectivity index (χ0) is 20.3. The number of nitrogens with zero attached hydrogens (tertiary/aromatic N) is 2. The van der Waals surface area contributed by atoms with Crippen molar-refractivity contribution < 1.29 is 14.3 Å². The summed E-state index contributed by atoms with van der Waals surface area (Å²) < 4.78 is 5.25. The number of cyclic esters (lactones) is 1. The van der Waals surface area contributed by atoms with E-state index in [0.29, 0.717) is 30.6 Å². The highest BCUT2D eigenvalue weighted by atomic mass is 16.6. The average Bonchev–Trinajstić information content (AvgIpc) is 3.02. The summed E-state index contributed by atoms with van der Waals surface area (Å²) in [4.78, 5) is 29.4. The van der Waals surface area contributed by atoms with Gasteiger partial charge in [-0.1, -0.05) is 58.0 Å². The zero-order valence-corrected chi connectivity index (χ0v) is 17.6. The number of hydrogen-bond acceptors (Lipinski definition) is 4. The highest BCUT2D eigenvalue weighted by Crippen LogP contribution is 2.32. The Kier molecular flexibility index (Phi) is 6.76. The summed E-state index contributed by atoms with van der Waals surface area (Å²) in [5, 5.41) is 0. The molecule has 28 heavy (non-hydrogen) atoms. The van der Waals surface area contributed by atoms with Crippen molar-refractivity contribution in [1.29, 1.82) is 0 Å². The van der Waals surface area contributed by atoms with Gasteiger partial charge in [0.2, 0.25) is 5.91 Å². The molecule has 154 valence electrons. The standard InChI is InChI=1S/C23H34N2O3/c1-16(2)14-24-11-10-17(3)18(4)21(24)13-22(26)25-20(15-28-23(25)27)12-19-8-6-5-7-9-19/h5-9,16-18,20-21H,10-15H2,1-4H3/t17-,18+,20+,21+/m1/s1. The predicted molar refractivity (Wildman–Crippen MR) is 110 cm³/mol. The molecule has 0 unspecified atom stereocenters. The first-order chi connectivity index (χ1) is 13.4. The van der Waals surface area contributed by atoms with Gasteiger partial charge in [-0.2, -0.15) is 0 Å². The lowest BCUT2D eigenvalue weighted by atomic mass is 9.80. The molecule has 2 aliphatic heterocycles. The van der Waals surface area contributed by atoms with Crippen molar-refractivity contribution in [3.63, 3.8) is 0 Å². The zero-order valence-electron chi connectivity index (χ0n) is 17.6. The van der Waals surface area contributed by atoms with E-state index in [4.69, 9.17) is 4.74 Å². The first kappa shape index (κ1) is 20.8. The Hall–Kier alpha value is -1.88. The van der Waals surface area contributed by atoms with E-state index in [2.05, 4.69) is 32.6 Å². The molecular formula is C23H34N2O3. The molecule has 0 N–H and O–H groups in total. The molecule has 4 atom stereocenters. The third-order valence-electron chi connectivity index (χ3n) is 6.37. The fourth-order valence-electron chi connectivity index (χ4n) is 4.60. The van der Waals surface area contributed by atoms with Crippen LogP contribution < -0.4 is 0 Å². The van der Waals surface area contributed by atoms with Crippen LogP contribution in [0.1, 0.15) is 46.1 Å². The van der Waals surface area contributed by atoms with Gasteiger partial charge in [-0.3, -0.25) is 9.69 Å². The molecule has 0 radical (unpaired) electrons. The van der Waals surface area contributed by atoms with Crippen LogP contribution in [-0.2, 0) is 16.0 Å². The molecule has 0 aliphatic carbocycles. The highest BCUT2D eigenvalue weighted by Gasteiger charge is 2.41. The van der Waals surface area contributed by atoms with Crippen molar-refractivity contribution >= 4 is 12.0 Å². The molecule has 1 aromatic carbocycles. The lowest BCUT2D eigenvalue weighted by molar-refractivity contribution is -0.131. The van der Waals surface area contributed by atoms with Crippen LogP contribution in [0, 0.1) is 17.8 Å². The Labute approximate surface area is 169 Å². The molecular weight excluding hydrogens is 352 g/mol. The fourth-order valence-corrected chi connectivity index (χ4v) is 4.60. The Morgan fingerprint density at radius 3 is 2.61 bits per heavy atom. The van der Waals surface area contributed by atoms with Gasteiger partial charge < -0.3 is 4.74 Å². The molecule has 5 heteroatoms. The maximum atomic E-state index is 13.2. The maximum Gasteiger partial charge on any atom is 0.416 e. The Morgan fingerprint density at radius 2 is 1.93 bits per heavy atom. The van der Waals surface area contributed by atoms with Gasteiger partial charge in [0.1, 0.15) is 6.61 Å².